The van der Waals surface area contributed by atoms with E-state index in [0.717, 1.165) is 30.6 Å². The number of carbonyl (C=O) groups is 1. The minimum absolute atomic E-state index is 0.0280. The molecule has 1 fully saturated rings. The van der Waals surface area contributed by atoms with Gasteiger partial charge >= 0.3 is 0 Å². The highest BCUT2D eigenvalue weighted by molar-refractivity contribution is 5.94. The Hall–Kier alpha value is -2.08. The third kappa shape index (κ3) is 3.43. The van der Waals surface area contributed by atoms with E-state index in [1.807, 2.05) is 30.9 Å². The summed E-state index contributed by atoms with van der Waals surface area (Å²) in [6.45, 7) is 0.459. The topological polar surface area (TPSA) is 63.3 Å². The summed E-state index contributed by atoms with van der Waals surface area (Å²) >= 11 is 0. The zero-order chi connectivity index (χ0) is 18.1. The molecule has 2 heterocycles. The van der Waals surface area contributed by atoms with Crippen LogP contribution < -0.4 is 5.32 Å². The molecular weight excluding hydrogens is 328 g/mol. The monoisotopic (exact) mass is 356 g/mol. The van der Waals surface area contributed by atoms with Gasteiger partial charge in [0.15, 0.2) is 5.69 Å². The van der Waals surface area contributed by atoms with E-state index >= 15 is 0 Å². The smallest absolute Gasteiger partial charge is 0.274 e. The minimum atomic E-state index is -0.0280. The van der Waals surface area contributed by atoms with Crippen LogP contribution in [-0.4, -0.2) is 39.7 Å². The number of nitrogens with one attached hydrogen (secondary N) is 1. The van der Waals surface area contributed by atoms with Gasteiger partial charge in [0.25, 0.3) is 5.91 Å². The fraction of sp³-hybridized carbons (Fsp3) is 0.600. The molecule has 1 amide bonds. The lowest BCUT2D eigenvalue weighted by Gasteiger charge is -2.27. The molecule has 0 spiro atoms. The van der Waals surface area contributed by atoms with Gasteiger partial charge in [-0.2, -0.15) is 5.10 Å². The average molecular weight is 356 g/mol. The Labute approximate surface area is 154 Å². The van der Waals surface area contributed by atoms with Gasteiger partial charge in [0.1, 0.15) is 5.76 Å². The van der Waals surface area contributed by atoms with E-state index in [1.165, 1.54) is 31.4 Å². The van der Waals surface area contributed by atoms with E-state index in [4.69, 9.17) is 4.42 Å². The number of aryl methyl sites for hydroxylation is 1. The van der Waals surface area contributed by atoms with Gasteiger partial charge in [-0.25, -0.2) is 0 Å². The molecule has 0 radical (unpaired) electrons. The maximum atomic E-state index is 13.0. The van der Waals surface area contributed by atoms with Crippen molar-refractivity contribution in [3.05, 3.63) is 41.1 Å². The molecule has 2 aliphatic rings. The number of amides is 1. The second-order valence-electron chi connectivity index (χ2n) is 7.73. The van der Waals surface area contributed by atoms with Crippen LogP contribution in [0.3, 0.4) is 0 Å². The first kappa shape index (κ1) is 17.3. The van der Waals surface area contributed by atoms with Crippen molar-refractivity contribution in [2.75, 3.05) is 7.05 Å². The Morgan fingerprint density at radius 1 is 1.35 bits per heavy atom. The SMILES string of the molecule is CN(Cc1ccco1)C(=O)c1nn(C)c2c1C[C@H](NC1CCCC1)CC2. The molecule has 1 saturated carbocycles. The standard InChI is InChI=1S/C20H28N4O2/c1-23(13-16-8-5-11-26-16)20(25)19-17-12-15(21-14-6-3-4-7-14)9-10-18(17)24(2)22-19/h5,8,11,14-15,21H,3-4,6-7,9-10,12-13H2,1-2H3/t15-/m1/s1. The number of fused-ring (bicyclic) bond motifs is 1. The number of hydrogen-bond acceptors (Lipinski definition) is 4. The van der Waals surface area contributed by atoms with Gasteiger partial charge < -0.3 is 14.6 Å². The summed E-state index contributed by atoms with van der Waals surface area (Å²) in [4.78, 5) is 14.7. The lowest BCUT2D eigenvalue weighted by Crippen LogP contribution is -2.41. The van der Waals surface area contributed by atoms with Crippen LogP contribution in [0.4, 0.5) is 0 Å². The van der Waals surface area contributed by atoms with Gasteiger partial charge in [0, 0.05) is 37.4 Å². The molecule has 26 heavy (non-hydrogen) atoms. The second-order valence-corrected chi connectivity index (χ2v) is 7.73. The molecule has 0 aliphatic heterocycles. The number of carbonyl (C=O) groups excluding carboxylic acids is 1. The largest absolute Gasteiger partial charge is 0.467 e. The predicted molar refractivity (Wildman–Crippen MR) is 98.9 cm³/mol. The molecule has 2 aromatic rings. The van der Waals surface area contributed by atoms with E-state index in [2.05, 4.69) is 10.4 Å². The quantitative estimate of drug-likeness (QED) is 0.895. The molecule has 0 unspecified atom stereocenters. The summed E-state index contributed by atoms with van der Waals surface area (Å²) < 4.78 is 7.27. The Bertz CT molecular complexity index is 759. The zero-order valence-electron chi connectivity index (χ0n) is 15.7. The predicted octanol–water partition coefficient (Wildman–Crippen LogP) is 2.67. The zero-order valence-corrected chi connectivity index (χ0v) is 15.7. The molecule has 1 N–H and O–H groups in total. The van der Waals surface area contributed by atoms with E-state index in [-0.39, 0.29) is 5.91 Å². The second kappa shape index (κ2) is 7.27. The van der Waals surface area contributed by atoms with Crippen molar-refractivity contribution in [2.45, 2.75) is 63.6 Å². The molecule has 1 atom stereocenters. The van der Waals surface area contributed by atoms with E-state index < -0.39 is 0 Å². The third-order valence-electron chi connectivity index (χ3n) is 5.80. The van der Waals surface area contributed by atoms with Crippen molar-refractivity contribution in [3.8, 4) is 0 Å². The van der Waals surface area contributed by atoms with Crippen molar-refractivity contribution in [1.29, 1.82) is 0 Å². The molecule has 140 valence electrons. The van der Waals surface area contributed by atoms with Crippen LogP contribution in [0.5, 0.6) is 0 Å². The number of rotatable bonds is 5. The van der Waals surface area contributed by atoms with E-state index in [9.17, 15) is 4.79 Å². The minimum Gasteiger partial charge on any atom is -0.467 e. The van der Waals surface area contributed by atoms with Crippen LogP contribution in [0, 0.1) is 0 Å². The Balaban J connectivity index is 1.50. The average Bonchev–Trinajstić information content (AvgIpc) is 3.37. The van der Waals surface area contributed by atoms with Crippen LogP contribution in [-0.2, 0) is 26.4 Å². The van der Waals surface area contributed by atoms with Gasteiger partial charge in [0.2, 0.25) is 0 Å². The lowest BCUT2D eigenvalue weighted by molar-refractivity contribution is 0.0767. The number of hydrogen-bond donors (Lipinski definition) is 1. The fourth-order valence-electron chi connectivity index (χ4n) is 4.42. The van der Waals surface area contributed by atoms with Gasteiger partial charge in [-0.1, -0.05) is 12.8 Å². The van der Waals surface area contributed by atoms with Gasteiger partial charge in [-0.3, -0.25) is 9.48 Å². The molecule has 0 saturated heterocycles. The maximum Gasteiger partial charge on any atom is 0.274 e. The maximum absolute atomic E-state index is 13.0. The van der Waals surface area contributed by atoms with Crippen LogP contribution in [0.2, 0.25) is 0 Å². The van der Waals surface area contributed by atoms with Gasteiger partial charge in [-0.15, -0.1) is 0 Å². The van der Waals surface area contributed by atoms with Crippen molar-refractivity contribution in [1.82, 2.24) is 20.0 Å². The normalized spacial score (nSPS) is 20.3. The van der Waals surface area contributed by atoms with Crippen LogP contribution in [0.1, 0.15) is 59.6 Å². The summed E-state index contributed by atoms with van der Waals surface area (Å²) in [5.41, 5.74) is 2.95. The molecule has 6 nitrogen and oxygen atoms in total. The van der Waals surface area contributed by atoms with Crippen LogP contribution in [0.15, 0.2) is 22.8 Å². The molecule has 0 aromatic carbocycles. The Kier molecular flexibility index (Phi) is 4.85. The van der Waals surface area contributed by atoms with Crippen molar-refractivity contribution in [3.63, 3.8) is 0 Å². The van der Waals surface area contributed by atoms with E-state index in [1.54, 1.807) is 11.2 Å². The molecule has 4 rings (SSSR count). The van der Waals surface area contributed by atoms with Crippen LogP contribution >= 0.6 is 0 Å². The highest BCUT2D eigenvalue weighted by atomic mass is 16.3. The number of aromatic nitrogens is 2. The molecular formula is C20H28N4O2. The van der Waals surface area contributed by atoms with Gasteiger partial charge in [0.05, 0.1) is 12.8 Å². The first-order chi connectivity index (χ1) is 12.6. The highest BCUT2D eigenvalue weighted by Gasteiger charge is 2.31. The fourth-order valence-corrected chi connectivity index (χ4v) is 4.42. The first-order valence-corrected chi connectivity index (χ1v) is 9.70. The number of nitrogens with zero attached hydrogens (tertiary/aromatic N) is 3. The summed E-state index contributed by atoms with van der Waals surface area (Å²) in [6, 6.07) is 4.84. The summed E-state index contributed by atoms with van der Waals surface area (Å²) in [5.74, 6) is 0.756. The van der Waals surface area contributed by atoms with Crippen molar-refractivity contribution < 1.29 is 9.21 Å². The van der Waals surface area contributed by atoms with Gasteiger partial charge in [-0.05, 0) is 44.2 Å². The van der Waals surface area contributed by atoms with E-state index in [0.29, 0.717) is 24.3 Å². The Morgan fingerprint density at radius 2 is 2.15 bits per heavy atom. The summed E-state index contributed by atoms with van der Waals surface area (Å²) in [6.07, 6.45) is 9.89. The Morgan fingerprint density at radius 3 is 2.88 bits per heavy atom. The third-order valence-corrected chi connectivity index (χ3v) is 5.80. The van der Waals surface area contributed by atoms with Crippen molar-refractivity contribution in [2.24, 2.45) is 7.05 Å². The first-order valence-electron chi connectivity index (χ1n) is 9.70. The molecule has 2 aromatic heterocycles. The molecule has 2 aliphatic carbocycles. The summed E-state index contributed by atoms with van der Waals surface area (Å²) in [7, 11) is 3.76. The lowest BCUT2D eigenvalue weighted by atomic mass is 9.90. The highest BCUT2D eigenvalue weighted by Crippen LogP contribution is 2.27. The summed E-state index contributed by atoms with van der Waals surface area (Å²) in [5, 5.41) is 8.40. The van der Waals surface area contributed by atoms with Crippen molar-refractivity contribution >= 4 is 5.91 Å². The molecule has 0 bridgehead atoms. The number of furan rings is 1. The molecule has 6 heteroatoms. The van der Waals surface area contributed by atoms with Crippen LogP contribution in [0.25, 0.3) is 0 Å².